The summed E-state index contributed by atoms with van der Waals surface area (Å²) >= 11 is 0. The predicted molar refractivity (Wildman–Crippen MR) is 91.9 cm³/mol. The van der Waals surface area contributed by atoms with Gasteiger partial charge in [0.05, 0.1) is 11.9 Å². The molecule has 1 N–H and O–H groups in total. The number of likely N-dealkylation sites (N-methyl/N-ethyl adjacent to an activating group) is 1. The number of nitrogens with zero attached hydrogens (tertiary/aromatic N) is 4. The first-order chi connectivity index (χ1) is 11.2. The molecule has 6 nitrogen and oxygen atoms in total. The number of rotatable bonds is 4. The number of carbonyl (C=O) groups excluding carboxylic acids is 1. The summed E-state index contributed by atoms with van der Waals surface area (Å²) in [6.07, 6.45) is 3.12. The van der Waals surface area contributed by atoms with Crippen LogP contribution in [0.5, 0.6) is 0 Å². The SMILES string of the molecule is CCN1CCC(N2CCN(c3ccc(C(=O)NC)nc3)CC2)C1. The number of hydrogen-bond donors (Lipinski definition) is 1. The van der Waals surface area contributed by atoms with Gasteiger partial charge in [0.1, 0.15) is 5.69 Å². The van der Waals surface area contributed by atoms with Crippen molar-refractivity contribution in [3.8, 4) is 0 Å². The van der Waals surface area contributed by atoms with Crippen molar-refractivity contribution in [1.29, 1.82) is 0 Å². The lowest BCUT2D eigenvalue weighted by atomic mass is 10.2. The number of amides is 1. The summed E-state index contributed by atoms with van der Waals surface area (Å²) in [5.41, 5.74) is 1.58. The zero-order chi connectivity index (χ0) is 16.2. The molecule has 0 saturated carbocycles. The van der Waals surface area contributed by atoms with E-state index in [0.717, 1.165) is 37.9 Å². The second-order valence-electron chi connectivity index (χ2n) is 6.34. The molecule has 0 aromatic carbocycles. The Kier molecular flexibility index (Phi) is 5.13. The molecular formula is C17H27N5O. The van der Waals surface area contributed by atoms with Gasteiger partial charge in [0.15, 0.2) is 0 Å². The van der Waals surface area contributed by atoms with E-state index in [1.807, 2.05) is 12.3 Å². The predicted octanol–water partition coefficient (Wildman–Crippen LogP) is 0.657. The maximum absolute atomic E-state index is 11.5. The molecule has 0 radical (unpaired) electrons. The average molecular weight is 317 g/mol. The lowest BCUT2D eigenvalue weighted by Crippen LogP contribution is -2.51. The summed E-state index contributed by atoms with van der Waals surface area (Å²) in [6.45, 7) is 10.2. The van der Waals surface area contributed by atoms with Crippen molar-refractivity contribution >= 4 is 11.6 Å². The Morgan fingerprint density at radius 3 is 2.61 bits per heavy atom. The quantitative estimate of drug-likeness (QED) is 0.884. The van der Waals surface area contributed by atoms with E-state index in [1.54, 1.807) is 13.1 Å². The van der Waals surface area contributed by atoms with E-state index in [1.165, 1.54) is 26.1 Å². The molecule has 0 spiro atoms. The molecule has 1 amide bonds. The molecule has 126 valence electrons. The number of aromatic nitrogens is 1. The summed E-state index contributed by atoms with van der Waals surface area (Å²) in [6, 6.07) is 4.53. The van der Waals surface area contributed by atoms with Crippen LogP contribution in [0.2, 0.25) is 0 Å². The molecule has 1 aromatic rings. The van der Waals surface area contributed by atoms with Gasteiger partial charge in [0.25, 0.3) is 5.91 Å². The van der Waals surface area contributed by atoms with Gasteiger partial charge in [-0.25, -0.2) is 4.98 Å². The number of hydrogen-bond acceptors (Lipinski definition) is 5. The van der Waals surface area contributed by atoms with Gasteiger partial charge in [-0.15, -0.1) is 0 Å². The van der Waals surface area contributed by atoms with Crippen LogP contribution < -0.4 is 10.2 Å². The number of nitrogens with one attached hydrogen (secondary N) is 1. The first-order valence-corrected chi connectivity index (χ1v) is 8.60. The molecule has 6 heteroatoms. The van der Waals surface area contributed by atoms with Gasteiger partial charge in [-0.2, -0.15) is 0 Å². The van der Waals surface area contributed by atoms with Gasteiger partial charge >= 0.3 is 0 Å². The molecule has 3 rings (SSSR count). The van der Waals surface area contributed by atoms with Crippen molar-refractivity contribution in [3.05, 3.63) is 24.0 Å². The topological polar surface area (TPSA) is 51.7 Å². The van der Waals surface area contributed by atoms with E-state index < -0.39 is 0 Å². The monoisotopic (exact) mass is 317 g/mol. The largest absolute Gasteiger partial charge is 0.368 e. The first-order valence-electron chi connectivity index (χ1n) is 8.60. The summed E-state index contributed by atoms with van der Waals surface area (Å²) in [5.74, 6) is -0.136. The summed E-state index contributed by atoms with van der Waals surface area (Å²) in [4.78, 5) is 23.4. The fourth-order valence-corrected chi connectivity index (χ4v) is 3.58. The van der Waals surface area contributed by atoms with Crippen molar-refractivity contribution < 1.29 is 4.79 Å². The Labute approximate surface area is 138 Å². The van der Waals surface area contributed by atoms with E-state index in [0.29, 0.717) is 5.69 Å². The molecule has 3 heterocycles. The molecular weight excluding hydrogens is 290 g/mol. The van der Waals surface area contributed by atoms with Crippen LogP contribution in [0.25, 0.3) is 0 Å². The van der Waals surface area contributed by atoms with Crippen LogP contribution in [0.1, 0.15) is 23.8 Å². The summed E-state index contributed by atoms with van der Waals surface area (Å²) in [5, 5.41) is 2.60. The normalized spacial score (nSPS) is 23.2. The van der Waals surface area contributed by atoms with Crippen LogP contribution in [0.15, 0.2) is 18.3 Å². The van der Waals surface area contributed by atoms with Crippen molar-refractivity contribution in [2.75, 3.05) is 57.8 Å². The molecule has 1 aromatic heterocycles. The second-order valence-corrected chi connectivity index (χ2v) is 6.34. The van der Waals surface area contributed by atoms with Crippen molar-refractivity contribution in [1.82, 2.24) is 20.1 Å². The molecule has 2 aliphatic rings. The van der Waals surface area contributed by atoms with E-state index >= 15 is 0 Å². The molecule has 2 fully saturated rings. The van der Waals surface area contributed by atoms with Gasteiger partial charge in [0.2, 0.25) is 0 Å². The molecule has 1 atom stereocenters. The third-order valence-corrected chi connectivity index (χ3v) is 5.10. The Balaban J connectivity index is 1.53. The summed E-state index contributed by atoms with van der Waals surface area (Å²) in [7, 11) is 1.62. The van der Waals surface area contributed by atoms with E-state index in [9.17, 15) is 4.79 Å². The maximum Gasteiger partial charge on any atom is 0.269 e. The average Bonchev–Trinajstić information content (AvgIpc) is 3.10. The number of likely N-dealkylation sites (tertiary alicyclic amines) is 1. The standard InChI is InChI=1S/C17H27N5O/c1-3-20-7-6-15(13-20)22-10-8-21(9-11-22)14-4-5-16(19-12-14)17(23)18-2/h4-5,12,15H,3,6-11,13H2,1-2H3,(H,18,23). The van der Waals surface area contributed by atoms with Crippen LogP contribution in [-0.4, -0.2) is 79.6 Å². The molecule has 0 bridgehead atoms. The highest BCUT2D eigenvalue weighted by Gasteiger charge is 2.29. The van der Waals surface area contributed by atoms with Crippen LogP contribution in [0, 0.1) is 0 Å². The van der Waals surface area contributed by atoms with Crippen molar-refractivity contribution in [2.24, 2.45) is 0 Å². The van der Waals surface area contributed by atoms with Crippen molar-refractivity contribution in [2.45, 2.75) is 19.4 Å². The summed E-state index contributed by atoms with van der Waals surface area (Å²) < 4.78 is 0. The van der Waals surface area contributed by atoms with Gasteiger partial charge in [-0.1, -0.05) is 6.92 Å². The minimum atomic E-state index is -0.136. The highest BCUT2D eigenvalue weighted by molar-refractivity contribution is 5.92. The Hall–Kier alpha value is -1.66. The van der Waals surface area contributed by atoms with E-state index in [2.05, 4.69) is 31.9 Å². The second kappa shape index (κ2) is 7.27. The first kappa shape index (κ1) is 16.2. The third kappa shape index (κ3) is 3.64. The number of carbonyl (C=O) groups is 1. The number of piperazine rings is 1. The van der Waals surface area contributed by atoms with Gasteiger partial charge in [-0.05, 0) is 31.6 Å². The lowest BCUT2D eigenvalue weighted by Gasteiger charge is -2.39. The zero-order valence-electron chi connectivity index (χ0n) is 14.2. The third-order valence-electron chi connectivity index (χ3n) is 5.10. The van der Waals surface area contributed by atoms with Crippen LogP contribution in [0.4, 0.5) is 5.69 Å². The zero-order valence-corrected chi connectivity index (χ0v) is 14.2. The molecule has 23 heavy (non-hydrogen) atoms. The molecule has 0 aliphatic carbocycles. The Morgan fingerprint density at radius 2 is 2.04 bits per heavy atom. The highest BCUT2D eigenvalue weighted by atomic mass is 16.1. The highest BCUT2D eigenvalue weighted by Crippen LogP contribution is 2.20. The maximum atomic E-state index is 11.5. The number of anilines is 1. The van der Waals surface area contributed by atoms with Gasteiger partial charge in [0, 0.05) is 45.8 Å². The van der Waals surface area contributed by atoms with Gasteiger partial charge in [-0.3, -0.25) is 9.69 Å². The van der Waals surface area contributed by atoms with E-state index in [4.69, 9.17) is 0 Å². The number of pyridine rings is 1. The fraction of sp³-hybridized carbons (Fsp3) is 0.647. The molecule has 2 aliphatic heterocycles. The lowest BCUT2D eigenvalue weighted by molar-refractivity contribution is 0.0958. The fourth-order valence-electron chi connectivity index (χ4n) is 3.58. The van der Waals surface area contributed by atoms with Crippen molar-refractivity contribution in [3.63, 3.8) is 0 Å². The Morgan fingerprint density at radius 1 is 1.26 bits per heavy atom. The smallest absolute Gasteiger partial charge is 0.269 e. The van der Waals surface area contributed by atoms with Crippen LogP contribution >= 0.6 is 0 Å². The molecule has 2 saturated heterocycles. The van der Waals surface area contributed by atoms with E-state index in [-0.39, 0.29) is 5.91 Å². The Bertz CT molecular complexity index is 524. The van der Waals surface area contributed by atoms with Crippen LogP contribution in [0.3, 0.4) is 0 Å². The molecule has 1 unspecified atom stereocenters. The van der Waals surface area contributed by atoms with Gasteiger partial charge < -0.3 is 15.1 Å². The minimum absolute atomic E-state index is 0.136. The van der Waals surface area contributed by atoms with Crippen LogP contribution in [-0.2, 0) is 0 Å². The minimum Gasteiger partial charge on any atom is -0.368 e.